The molecule has 0 saturated carbocycles. The molecule has 0 unspecified atom stereocenters. The number of pyridine rings is 1. The molecule has 6 nitrogen and oxygen atoms in total. The third kappa shape index (κ3) is 3.79. The summed E-state index contributed by atoms with van der Waals surface area (Å²) in [5.41, 5.74) is 13.0. The van der Waals surface area contributed by atoms with Gasteiger partial charge in [0.05, 0.1) is 38.6 Å². The highest BCUT2D eigenvalue weighted by Crippen LogP contribution is 2.40. The number of para-hydroxylation sites is 6. The zero-order valence-electron chi connectivity index (χ0n) is 29.4. The Labute approximate surface area is 312 Å². The van der Waals surface area contributed by atoms with E-state index in [1.807, 2.05) is 6.20 Å². The van der Waals surface area contributed by atoms with Crippen LogP contribution in [0.3, 0.4) is 0 Å². The molecule has 0 bridgehead atoms. The monoisotopic (exact) mass is 703 g/mol. The van der Waals surface area contributed by atoms with Crippen molar-refractivity contribution in [1.29, 1.82) is 0 Å². The van der Waals surface area contributed by atoms with Gasteiger partial charge in [-0.25, -0.2) is 4.98 Å². The molecule has 0 amide bonds. The lowest BCUT2D eigenvalue weighted by Gasteiger charge is -2.10. The number of imidazole rings is 1. The molecule has 55 heavy (non-hydrogen) atoms. The van der Waals surface area contributed by atoms with Gasteiger partial charge in [0, 0.05) is 55.3 Å². The van der Waals surface area contributed by atoms with Crippen molar-refractivity contribution in [2.45, 2.75) is 0 Å². The Balaban J connectivity index is 1.04. The molecule has 0 aliphatic heterocycles. The van der Waals surface area contributed by atoms with Crippen LogP contribution in [0.1, 0.15) is 0 Å². The Hall–Kier alpha value is -7.57. The van der Waals surface area contributed by atoms with Crippen molar-refractivity contribution in [2.24, 2.45) is 0 Å². The van der Waals surface area contributed by atoms with Crippen LogP contribution in [0.2, 0.25) is 0 Å². The van der Waals surface area contributed by atoms with Gasteiger partial charge in [0.1, 0.15) is 11.2 Å². The molecule has 0 N–H and O–H groups in total. The minimum Gasteiger partial charge on any atom is -0.452 e. The van der Waals surface area contributed by atoms with Gasteiger partial charge in [0.2, 0.25) is 0 Å². The second-order valence-corrected chi connectivity index (χ2v) is 14.4. The van der Waals surface area contributed by atoms with Crippen molar-refractivity contribution < 1.29 is 4.42 Å². The third-order valence-corrected chi connectivity index (χ3v) is 11.6. The average molecular weight is 704 g/mol. The summed E-state index contributed by atoms with van der Waals surface area (Å²) in [6, 6.07) is 60.8. The zero-order chi connectivity index (χ0) is 35.8. The number of hydrogen-bond donors (Lipinski definition) is 0. The minimum atomic E-state index is 0.764. The molecule has 6 heterocycles. The van der Waals surface area contributed by atoms with Crippen molar-refractivity contribution in [1.82, 2.24) is 23.1 Å². The molecule has 256 valence electrons. The van der Waals surface area contributed by atoms with E-state index in [-0.39, 0.29) is 0 Å². The van der Waals surface area contributed by atoms with E-state index in [4.69, 9.17) is 9.40 Å². The lowest BCUT2D eigenvalue weighted by Crippen LogP contribution is -1.98. The maximum atomic E-state index is 6.78. The summed E-state index contributed by atoms with van der Waals surface area (Å²) in [5, 5.41) is 8.13. The molecule has 6 aromatic heterocycles. The van der Waals surface area contributed by atoms with E-state index in [0.29, 0.717) is 0 Å². The van der Waals surface area contributed by atoms with E-state index < -0.39 is 0 Å². The van der Waals surface area contributed by atoms with Crippen molar-refractivity contribution in [3.63, 3.8) is 0 Å². The van der Waals surface area contributed by atoms with E-state index in [2.05, 4.69) is 188 Å². The van der Waals surface area contributed by atoms with E-state index in [0.717, 1.165) is 66.7 Å². The summed E-state index contributed by atoms with van der Waals surface area (Å²) in [4.78, 5) is 5.03. The summed E-state index contributed by atoms with van der Waals surface area (Å²) >= 11 is 0. The number of benzene rings is 7. The zero-order valence-corrected chi connectivity index (χ0v) is 29.4. The second kappa shape index (κ2) is 10.5. The van der Waals surface area contributed by atoms with Crippen LogP contribution < -0.4 is 0 Å². The number of rotatable bonds is 3. The lowest BCUT2D eigenvalue weighted by molar-refractivity contribution is 0.663. The fraction of sp³-hybridized carbons (Fsp3) is 0. The molecule has 0 fully saturated rings. The Morgan fingerprint density at radius 1 is 0.382 bits per heavy atom. The maximum absolute atomic E-state index is 6.78. The first kappa shape index (κ1) is 28.9. The standard InChI is InChI=1S/C49H29N5O/c1-5-15-39-30(11-1)27-47-52(44-19-9-10-20-45(44)53(39)47)32-22-24-46-38(29-32)36-25-26-50-49(48(36)55-46)54-42-18-8-4-14-35(42)37-28-31(21-23-43(37)54)51-40-16-6-2-12-33(40)34-13-3-7-17-41(34)51/h1-29H. The molecular formula is C49H29N5O. The summed E-state index contributed by atoms with van der Waals surface area (Å²) < 4.78 is 16.1. The van der Waals surface area contributed by atoms with Crippen LogP contribution in [0.25, 0.3) is 110 Å². The van der Waals surface area contributed by atoms with Gasteiger partial charge in [0.25, 0.3) is 0 Å². The maximum Gasteiger partial charge on any atom is 0.181 e. The predicted molar refractivity (Wildman–Crippen MR) is 225 cm³/mol. The Kier molecular flexibility index (Phi) is 5.54. The molecule has 13 aromatic rings. The van der Waals surface area contributed by atoms with Crippen LogP contribution in [0, 0.1) is 0 Å². The SMILES string of the molecule is c1ccc2c(c1)cc1n(-c3ccc4oc5c(-n6c7ccccc7c7cc(-n8c9ccccc9c9ccccc98)ccc76)nccc5c4c3)c3ccccc3n21. The highest BCUT2D eigenvalue weighted by Gasteiger charge is 2.22. The fourth-order valence-corrected chi connectivity index (χ4v) is 9.30. The van der Waals surface area contributed by atoms with E-state index in [9.17, 15) is 0 Å². The van der Waals surface area contributed by atoms with Gasteiger partial charge in [-0.1, -0.05) is 84.9 Å². The van der Waals surface area contributed by atoms with Gasteiger partial charge in [-0.15, -0.1) is 0 Å². The third-order valence-electron chi connectivity index (χ3n) is 11.6. The molecular weight excluding hydrogens is 675 g/mol. The van der Waals surface area contributed by atoms with Crippen LogP contribution in [-0.2, 0) is 0 Å². The fourth-order valence-electron chi connectivity index (χ4n) is 9.30. The van der Waals surface area contributed by atoms with Crippen LogP contribution in [0.5, 0.6) is 0 Å². The largest absolute Gasteiger partial charge is 0.452 e. The van der Waals surface area contributed by atoms with Gasteiger partial charge in [-0.2, -0.15) is 0 Å². The van der Waals surface area contributed by atoms with Crippen LogP contribution in [-0.4, -0.2) is 23.1 Å². The molecule has 6 heteroatoms. The molecule has 0 spiro atoms. The number of furan rings is 1. The number of fused-ring (bicyclic) bond motifs is 14. The smallest absolute Gasteiger partial charge is 0.181 e. The number of nitrogens with zero attached hydrogens (tertiary/aromatic N) is 5. The first-order valence-electron chi connectivity index (χ1n) is 18.6. The van der Waals surface area contributed by atoms with Gasteiger partial charge < -0.3 is 8.98 Å². The minimum absolute atomic E-state index is 0.764. The lowest BCUT2D eigenvalue weighted by atomic mass is 10.1. The van der Waals surface area contributed by atoms with Crippen molar-refractivity contribution in [3.05, 3.63) is 176 Å². The first-order valence-corrected chi connectivity index (χ1v) is 18.6. The molecule has 13 rings (SSSR count). The second-order valence-electron chi connectivity index (χ2n) is 14.4. The quantitative estimate of drug-likeness (QED) is 0.184. The molecule has 0 aliphatic rings. The number of aromatic nitrogens is 5. The highest BCUT2D eigenvalue weighted by atomic mass is 16.3. The molecule has 0 saturated heterocycles. The van der Waals surface area contributed by atoms with E-state index in [1.165, 1.54) is 43.6 Å². The predicted octanol–water partition coefficient (Wildman–Crippen LogP) is 12.5. The topological polar surface area (TPSA) is 45.2 Å². The van der Waals surface area contributed by atoms with E-state index in [1.54, 1.807) is 0 Å². The molecule has 0 atom stereocenters. The van der Waals surface area contributed by atoms with Gasteiger partial charge in [0.15, 0.2) is 11.4 Å². The highest BCUT2D eigenvalue weighted by molar-refractivity contribution is 6.14. The van der Waals surface area contributed by atoms with Gasteiger partial charge in [-0.05, 0) is 84.9 Å². The van der Waals surface area contributed by atoms with Crippen LogP contribution in [0.4, 0.5) is 0 Å². The molecule has 0 radical (unpaired) electrons. The van der Waals surface area contributed by atoms with Crippen molar-refractivity contribution in [2.75, 3.05) is 0 Å². The van der Waals surface area contributed by atoms with E-state index >= 15 is 0 Å². The van der Waals surface area contributed by atoms with Crippen LogP contribution >= 0.6 is 0 Å². The van der Waals surface area contributed by atoms with Crippen molar-refractivity contribution >= 4 is 93.1 Å². The van der Waals surface area contributed by atoms with Gasteiger partial charge in [-0.3, -0.25) is 13.5 Å². The average Bonchev–Trinajstić information content (AvgIpc) is 4.04. The van der Waals surface area contributed by atoms with Crippen LogP contribution in [0.15, 0.2) is 180 Å². The van der Waals surface area contributed by atoms with Gasteiger partial charge >= 0.3 is 0 Å². The summed E-state index contributed by atoms with van der Waals surface area (Å²) in [5.74, 6) is 0.776. The Morgan fingerprint density at radius 3 is 1.71 bits per heavy atom. The first-order chi connectivity index (χ1) is 27.3. The Bertz CT molecular complexity index is 3680. The molecule has 0 aliphatic carbocycles. The number of hydrogen-bond acceptors (Lipinski definition) is 2. The summed E-state index contributed by atoms with van der Waals surface area (Å²) in [6.07, 6.45) is 1.91. The van der Waals surface area contributed by atoms with Crippen molar-refractivity contribution in [3.8, 4) is 17.2 Å². The molecule has 7 aromatic carbocycles. The normalized spacial score (nSPS) is 12.4. The summed E-state index contributed by atoms with van der Waals surface area (Å²) in [6.45, 7) is 0. The summed E-state index contributed by atoms with van der Waals surface area (Å²) in [7, 11) is 0. The Morgan fingerprint density at radius 2 is 0.945 bits per heavy atom.